The molecule has 0 unspecified atom stereocenters. The molecule has 0 atom stereocenters. The van der Waals surface area contributed by atoms with Crippen molar-refractivity contribution in [1.29, 1.82) is 0 Å². The summed E-state index contributed by atoms with van der Waals surface area (Å²) >= 11 is 1.46. The molecule has 1 aromatic carbocycles. The van der Waals surface area contributed by atoms with Gasteiger partial charge in [-0.1, -0.05) is 11.3 Å². The number of anilines is 3. The third kappa shape index (κ3) is 4.56. The number of amides is 1. The molecule has 2 heterocycles. The number of pyridine rings is 1. The summed E-state index contributed by atoms with van der Waals surface area (Å²) in [6.45, 7) is 1.94. The molecule has 0 radical (unpaired) electrons. The van der Waals surface area contributed by atoms with Crippen LogP contribution in [0.15, 0.2) is 30.5 Å². The number of hydrogen-bond acceptors (Lipinski definition) is 8. The number of hydrogen-bond donors (Lipinski definition) is 2. The molecule has 8 nitrogen and oxygen atoms in total. The molecule has 1 amide bonds. The standard InChI is InChI=1S/C22H24N4O4S/c1-12-20(31-22(24-12)26-21(27)13-5-6-13)14-7-8-23-18(9-14)25-15-10-16(28-2)19(30-4)17(11-15)29-3/h7-11,13H,5-6H2,1-4H3,(H,23,25)(H,24,26,27). The number of carbonyl (C=O) groups is 1. The lowest BCUT2D eigenvalue weighted by molar-refractivity contribution is -0.117. The van der Waals surface area contributed by atoms with Crippen LogP contribution in [0.3, 0.4) is 0 Å². The highest BCUT2D eigenvalue weighted by molar-refractivity contribution is 7.19. The fourth-order valence-corrected chi connectivity index (χ4v) is 4.18. The van der Waals surface area contributed by atoms with E-state index < -0.39 is 0 Å². The highest BCUT2D eigenvalue weighted by Crippen LogP contribution is 2.41. The van der Waals surface area contributed by atoms with Gasteiger partial charge in [0.1, 0.15) is 5.82 Å². The first-order valence-electron chi connectivity index (χ1n) is 9.84. The number of rotatable bonds is 8. The summed E-state index contributed by atoms with van der Waals surface area (Å²) in [5.74, 6) is 2.48. The van der Waals surface area contributed by atoms with E-state index in [-0.39, 0.29) is 11.8 Å². The number of benzene rings is 1. The predicted molar refractivity (Wildman–Crippen MR) is 121 cm³/mol. The zero-order valence-electron chi connectivity index (χ0n) is 17.8. The number of methoxy groups -OCH3 is 3. The molecule has 4 rings (SSSR count). The Hall–Kier alpha value is -3.33. The molecular formula is C22H24N4O4S. The van der Waals surface area contributed by atoms with Crippen molar-refractivity contribution < 1.29 is 19.0 Å². The maximum atomic E-state index is 12.0. The Morgan fingerprint density at radius 2 is 1.81 bits per heavy atom. The van der Waals surface area contributed by atoms with Crippen molar-refractivity contribution in [3.8, 4) is 27.7 Å². The first-order chi connectivity index (χ1) is 15.0. The van der Waals surface area contributed by atoms with Crippen LogP contribution in [0.5, 0.6) is 17.2 Å². The Morgan fingerprint density at radius 1 is 1.10 bits per heavy atom. The van der Waals surface area contributed by atoms with E-state index in [4.69, 9.17) is 14.2 Å². The quantitative estimate of drug-likeness (QED) is 0.527. The van der Waals surface area contributed by atoms with Gasteiger partial charge in [0.05, 0.1) is 31.9 Å². The third-order valence-corrected chi connectivity index (χ3v) is 6.06. The minimum absolute atomic E-state index is 0.0554. The van der Waals surface area contributed by atoms with E-state index in [1.165, 1.54) is 11.3 Å². The van der Waals surface area contributed by atoms with Crippen molar-refractivity contribution in [3.05, 3.63) is 36.2 Å². The number of carbonyl (C=O) groups excluding carboxylic acids is 1. The lowest BCUT2D eigenvalue weighted by Gasteiger charge is -2.15. The number of aromatic nitrogens is 2. The highest BCUT2D eigenvalue weighted by Gasteiger charge is 2.30. The van der Waals surface area contributed by atoms with E-state index in [1.54, 1.807) is 27.5 Å². The first kappa shape index (κ1) is 20.9. The Balaban J connectivity index is 1.58. The SMILES string of the molecule is COc1cc(Nc2cc(-c3sc(NC(=O)C4CC4)nc3C)ccn2)cc(OC)c1OC. The Labute approximate surface area is 184 Å². The van der Waals surface area contributed by atoms with Gasteiger partial charge in [-0.05, 0) is 37.5 Å². The molecule has 1 aliphatic rings. The predicted octanol–water partition coefficient (Wildman–Crippen LogP) is 4.63. The average Bonchev–Trinajstić information content (AvgIpc) is 3.56. The molecule has 0 spiro atoms. The van der Waals surface area contributed by atoms with Crippen LogP contribution in [0.1, 0.15) is 18.5 Å². The molecule has 2 N–H and O–H groups in total. The Kier molecular flexibility index (Phi) is 5.94. The number of ether oxygens (including phenoxy) is 3. The number of nitrogens with one attached hydrogen (secondary N) is 2. The van der Waals surface area contributed by atoms with E-state index in [0.29, 0.717) is 28.2 Å². The molecule has 162 valence electrons. The van der Waals surface area contributed by atoms with E-state index in [0.717, 1.165) is 34.7 Å². The lowest BCUT2D eigenvalue weighted by Crippen LogP contribution is -2.12. The number of aryl methyl sites for hydroxylation is 1. The summed E-state index contributed by atoms with van der Waals surface area (Å²) in [7, 11) is 4.72. The van der Waals surface area contributed by atoms with Crippen molar-refractivity contribution >= 4 is 33.9 Å². The highest BCUT2D eigenvalue weighted by atomic mass is 32.1. The van der Waals surface area contributed by atoms with Crippen LogP contribution in [0.2, 0.25) is 0 Å². The topological polar surface area (TPSA) is 94.6 Å². The van der Waals surface area contributed by atoms with E-state index in [9.17, 15) is 4.79 Å². The lowest BCUT2D eigenvalue weighted by atomic mass is 10.2. The fraction of sp³-hybridized carbons (Fsp3) is 0.318. The van der Waals surface area contributed by atoms with Gasteiger partial charge in [0.2, 0.25) is 11.7 Å². The molecule has 0 bridgehead atoms. The van der Waals surface area contributed by atoms with Gasteiger partial charge in [-0.25, -0.2) is 9.97 Å². The van der Waals surface area contributed by atoms with E-state index >= 15 is 0 Å². The van der Waals surface area contributed by atoms with Crippen LogP contribution in [-0.2, 0) is 4.79 Å². The van der Waals surface area contributed by atoms with Gasteiger partial charge in [0.25, 0.3) is 0 Å². The average molecular weight is 441 g/mol. The summed E-state index contributed by atoms with van der Waals surface area (Å²) in [5.41, 5.74) is 2.57. The summed E-state index contributed by atoms with van der Waals surface area (Å²) in [5, 5.41) is 6.83. The zero-order valence-corrected chi connectivity index (χ0v) is 18.6. The van der Waals surface area contributed by atoms with Crippen LogP contribution < -0.4 is 24.8 Å². The molecule has 1 aliphatic carbocycles. The van der Waals surface area contributed by atoms with Crippen molar-refractivity contribution in [3.63, 3.8) is 0 Å². The summed E-state index contributed by atoms with van der Waals surface area (Å²) in [6, 6.07) is 7.50. The van der Waals surface area contributed by atoms with Crippen LogP contribution >= 0.6 is 11.3 Å². The number of thiazole rings is 1. The Bertz CT molecular complexity index is 1090. The summed E-state index contributed by atoms with van der Waals surface area (Å²) in [6.07, 6.45) is 3.66. The molecule has 9 heteroatoms. The zero-order chi connectivity index (χ0) is 22.0. The largest absolute Gasteiger partial charge is 0.493 e. The minimum atomic E-state index is 0.0554. The van der Waals surface area contributed by atoms with Crippen molar-refractivity contribution in [2.75, 3.05) is 32.0 Å². The van der Waals surface area contributed by atoms with E-state index in [1.807, 2.05) is 31.2 Å². The normalized spacial score (nSPS) is 12.9. The van der Waals surface area contributed by atoms with Gasteiger partial charge < -0.3 is 24.8 Å². The second-order valence-corrected chi connectivity index (χ2v) is 8.16. The maximum Gasteiger partial charge on any atom is 0.229 e. The van der Waals surface area contributed by atoms with Gasteiger partial charge >= 0.3 is 0 Å². The molecule has 3 aromatic rings. The van der Waals surface area contributed by atoms with E-state index in [2.05, 4.69) is 20.6 Å². The fourth-order valence-electron chi connectivity index (χ4n) is 3.21. The van der Waals surface area contributed by atoms with Gasteiger partial charge in [0, 0.05) is 29.9 Å². The Morgan fingerprint density at radius 3 is 2.42 bits per heavy atom. The molecule has 1 fully saturated rings. The third-order valence-electron chi connectivity index (χ3n) is 4.93. The van der Waals surface area contributed by atoms with Crippen molar-refractivity contribution in [1.82, 2.24) is 9.97 Å². The van der Waals surface area contributed by atoms with Crippen LogP contribution in [0, 0.1) is 12.8 Å². The van der Waals surface area contributed by atoms with Gasteiger partial charge in [-0.3, -0.25) is 4.79 Å². The molecule has 0 saturated heterocycles. The molecule has 31 heavy (non-hydrogen) atoms. The summed E-state index contributed by atoms with van der Waals surface area (Å²) < 4.78 is 16.2. The first-order valence-corrected chi connectivity index (χ1v) is 10.7. The van der Waals surface area contributed by atoms with Crippen LogP contribution in [0.25, 0.3) is 10.4 Å². The summed E-state index contributed by atoms with van der Waals surface area (Å²) in [4.78, 5) is 22.0. The maximum absolute atomic E-state index is 12.0. The van der Waals surface area contributed by atoms with Crippen LogP contribution in [-0.4, -0.2) is 37.2 Å². The van der Waals surface area contributed by atoms with Crippen LogP contribution in [0.4, 0.5) is 16.6 Å². The van der Waals surface area contributed by atoms with Gasteiger partial charge in [-0.15, -0.1) is 0 Å². The second-order valence-electron chi connectivity index (χ2n) is 7.17. The second kappa shape index (κ2) is 8.81. The van der Waals surface area contributed by atoms with Gasteiger partial charge in [0.15, 0.2) is 16.6 Å². The molecular weight excluding hydrogens is 416 g/mol. The monoisotopic (exact) mass is 440 g/mol. The number of nitrogens with zero attached hydrogens (tertiary/aromatic N) is 2. The molecule has 1 saturated carbocycles. The molecule has 0 aliphatic heterocycles. The van der Waals surface area contributed by atoms with Gasteiger partial charge in [-0.2, -0.15) is 0 Å². The molecule has 2 aromatic heterocycles. The minimum Gasteiger partial charge on any atom is -0.493 e. The smallest absolute Gasteiger partial charge is 0.229 e. The van der Waals surface area contributed by atoms with Crippen molar-refractivity contribution in [2.45, 2.75) is 19.8 Å². The van der Waals surface area contributed by atoms with Crippen molar-refractivity contribution in [2.24, 2.45) is 5.92 Å².